The highest BCUT2D eigenvalue weighted by molar-refractivity contribution is 8.23. The first-order valence-electron chi connectivity index (χ1n) is 8.63. The van der Waals surface area contributed by atoms with Crippen LogP contribution in [0.25, 0.3) is 5.57 Å². The van der Waals surface area contributed by atoms with Gasteiger partial charge in [0.2, 0.25) is 0 Å². The Bertz CT molecular complexity index is 711. The quantitative estimate of drug-likeness (QED) is 0.572. The second kappa shape index (κ2) is 8.72. The van der Waals surface area contributed by atoms with Gasteiger partial charge in [0, 0.05) is 4.24 Å². The third-order valence-corrected chi connectivity index (χ3v) is 6.61. The van der Waals surface area contributed by atoms with Crippen LogP contribution >= 0.6 is 23.5 Å². The van der Waals surface area contributed by atoms with Crippen LogP contribution in [0.15, 0.2) is 52.8 Å². The minimum absolute atomic E-state index is 0.178. The first-order valence-corrected chi connectivity index (χ1v) is 10.6. The summed E-state index contributed by atoms with van der Waals surface area (Å²) in [6.07, 6.45) is 1.48. The smallest absolute Gasteiger partial charge is 0.127 e. The topological polar surface area (TPSA) is 18.5 Å². The van der Waals surface area contributed by atoms with Gasteiger partial charge >= 0.3 is 0 Å². The minimum Gasteiger partial charge on any atom is -0.491 e. The van der Waals surface area contributed by atoms with Gasteiger partial charge in [-0.1, -0.05) is 12.1 Å². The van der Waals surface area contributed by atoms with Crippen LogP contribution in [0.5, 0.6) is 17.2 Å². The predicted octanol–water partition coefficient (Wildman–Crippen LogP) is 6.82. The molecule has 0 N–H and O–H groups in total. The van der Waals surface area contributed by atoms with Gasteiger partial charge in [0.15, 0.2) is 0 Å². The molecular weight excluding hydrogens is 348 g/mol. The molecule has 1 saturated heterocycles. The van der Waals surface area contributed by atoms with Crippen LogP contribution < -0.4 is 9.47 Å². The van der Waals surface area contributed by atoms with Gasteiger partial charge in [0.1, 0.15) is 17.2 Å². The first kappa shape index (κ1) is 18.3. The number of allylic oxidation sites excluding steroid dienone is 1. The Morgan fingerprint density at radius 3 is 1.92 bits per heavy atom. The maximum absolute atomic E-state index is 5.94. The molecule has 3 rings (SSSR count). The van der Waals surface area contributed by atoms with E-state index in [2.05, 4.69) is 19.1 Å². The Balaban J connectivity index is 1.66. The molecule has 0 aromatic heterocycles. The van der Waals surface area contributed by atoms with Crippen molar-refractivity contribution >= 4 is 29.1 Å². The fraction of sp³-hybridized carbons (Fsp3) is 0.333. The van der Waals surface area contributed by atoms with E-state index in [1.165, 1.54) is 33.3 Å². The molecule has 0 amide bonds. The third-order valence-electron chi connectivity index (χ3n) is 3.78. The van der Waals surface area contributed by atoms with Crippen LogP contribution in [0.1, 0.15) is 32.8 Å². The van der Waals surface area contributed by atoms with Crippen molar-refractivity contribution in [2.24, 2.45) is 0 Å². The van der Waals surface area contributed by atoms with Crippen LogP contribution in [0, 0.1) is 0 Å². The van der Waals surface area contributed by atoms with Gasteiger partial charge in [0.25, 0.3) is 0 Å². The predicted molar refractivity (Wildman–Crippen MR) is 111 cm³/mol. The summed E-state index contributed by atoms with van der Waals surface area (Å²) in [6, 6.07) is 16.1. The van der Waals surface area contributed by atoms with E-state index in [4.69, 9.17) is 9.47 Å². The minimum atomic E-state index is 0.178. The molecule has 0 spiro atoms. The number of thioether (sulfide) groups is 2. The van der Waals surface area contributed by atoms with E-state index in [9.17, 15) is 0 Å². The van der Waals surface area contributed by atoms with Gasteiger partial charge in [0.05, 0.1) is 6.10 Å². The molecule has 0 saturated carbocycles. The zero-order valence-corrected chi connectivity index (χ0v) is 16.6. The number of ether oxygens (including phenoxy) is 2. The van der Waals surface area contributed by atoms with E-state index in [1.807, 2.05) is 73.8 Å². The van der Waals surface area contributed by atoms with Crippen molar-refractivity contribution in [3.05, 3.63) is 58.3 Å². The summed E-state index contributed by atoms with van der Waals surface area (Å²) in [4.78, 5) is 0. The summed E-state index contributed by atoms with van der Waals surface area (Å²) in [5, 5.41) is 0. The Morgan fingerprint density at radius 1 is 0.840 bits per heavy atom. The largest absolute Gasteiger partial charge is 0.491 e. The molecule has 2 aromatic rings. The van der Waals surface area contributed by atoms with Crippen molar-refractivity contribution in [2.45, 2.75) is 33.3 Å². The lowest BCUT2D eigenvalue weighted by Gasteiger charge is -2.16. The van der Waals surface area contributed by atoms with Crippen molar-refractivity contribution in [2.75, 3.05) is 11.5 Å². The molecule has 1 aliphatic rings. The standard InChI is InChI=1S/C21H24O2S2/c1-15(2)22-18-9-11-20(12-10-18)23-19-7-5-17(6-8-19)16(3)21-24-13-4-14-25-21/h5-12,15H,4,13-14H2,1-3H3. The Labute approximate surface area is 159 Å². The number of hydrogen-bond acceptors (Lipinski definition) is 4. The van der Waals surface area contributed by atoms with Crippen molar-refractivity contribution in [1.82, 2.24) is 0 Å². The van der Waals surface area contributed by atoms with E-state index < -0.39 is 0 Å². The SMILES string of the molecule is CC(=C1SCCCS1)c1ccc(Oc2ccc(OC(C)C)cc2)cc1. The van der Waals surface area contributed by atoms with Crippen LogP contribution in [0.4, 0.5) is 0 Å². The lowest BCUT2D eigenvalue weighted by atomic mass is 10.1. The van der Waals surface area contributed by atoms with Crippen molar-refractivity contribution in [3.8, 4) is 17.2 Å². The maximum atomic E-state index is 5.94. The van der Waals surface area contributed by atoms with Gasteiger partial charge in [-0.2, -0.15) is 0 Å². The monoisotopic (exact) mass is 372 g/mol. The molecule has 0 aliphatic carbocycles. The second-order valence-electron chi connectivity index (χ2n) is 6.23. The fourth-order valence-electron chi connectivity index (χ4n) is 2.53. The van der Waals surface area contributed by atoms with Crippen LogP contribution in [-0.4, -0.2) is 17.6 Å². The van der Waals surface area contributed by atoms with E-state index in [0.29, 0.717) is 0 Å². The summed E-state index contributed by atoms with van der Waals surface area (Å²) in [5.41, 5.74) is 2.64. The Hall–Kier alpha value is -1.52. The maximum Gasteiger partial charge on any atom is 0.127 e. The molecule has 132 valence electrons. The average Bonchev–Trinajstić information content (AvgIpc) is 2.64. The lowest BCUT2D eigenvalue weighted by Crippen LogP contribution is -2.05. The first-order chi connectivity index (χ1) is 12.1. The van der Waals surface area contributed by atoms with Gasteiger partial charge in [-0.3, -0.25) is 0 Å². The van der Waals surface area contributed by atoms with Crippen LogP contribution in [0.3, 0.4) is 0 Å². The van der Waals surface area contributed by atoms with Crippen LogP contribution in [-0.2, 0) is 0 Å². The molecular formula is C21H24O2S2. The highest BCUT2D eigenvalue weighted by Gasteiger charge is 2.11. The van der Waals surface area contributed by atoms with Gasteiger partial charge in [-0.25, -0.2) is 0 Å². The van der Waals surface area contributed by atoms with Gasteiger partial charge < -0.3 is 9.47 Å². The molecule has 1 heterocycles. The molecule has 1 fully saturated rings. The number of hydrogen-bond donors (Lipinski definition) is 0. The zero-order chi connectivity index (χ0) is 17.6. The van der Waals surface area contributed by atoms with Gasteiger partial charge in [-0.15, -0.1) is 23.5 Å². The molecule has 2 nitrogen and oxygen atoms in total. The van der Waals surface area contributed by atoms with Crippen molar-refractivity contribution in [3.63, 3.8) is 0 Å². The van der Waals surface area contributed by atoms with Gasteiger partial charge in [-0.05, 0) is 86.2 Å². The molecule has 0 unspecified atom stereocenters. The average molecular weight is 373 g/mol. The molecule has 1 aliphatic heterocycles. The number of benzene rings is 2. The number of rotatable bonds is 5. The van der Waals surface area contributed by atoms with Crippen molar-refractivity contribution < 1.29 is 9.47 Å². The lowest BCUT2D eigenvalue weighted by molar-refractivity contribution is 0.242. The molecule has 0 radical (unpaired) electrons. The fourth-order valence-corrected chi connectivity index (χ4v) is 5.17. The van der Waals surface area contributed by atoms with Crippen LogP contribution in [0.2, 0.25) is 0 Å². The van der Waals surface area contributed by atoms with E-state index in [-0.39, 0.29) is 6.10 Å². The molecule has 2 aromatic carbocycles. The molecule has 4 heteroatoms. The summed E-state index contributed by atoms with van der Waals surface area (Å²) in [7, 11) is 0. The zero-order valence-electron chi connectivity index (χ0n) is 15.0. The van der Waals surface area contributed by atoms with E-state index in [1.54, 1.807) is 0 Å². The summed E-state index contributed by atoms with van der Waals surface area (Å²) in [6.45, 7) is 6.26. The molecule has 25 heavy (non-hydrogen) atoms. The second-order valence-corrected chi connectivity index (χ2v) is 8.70. The molecule has 0 bridgehead atoms. The normalized spacial score (nSPS) is 14.5. The Kier molecular flexibility index (Phi) is 6.38. The van der Waals surface area contributed by atoms with E-state index in [0.717, 1.165) is 17.2 Å². The summed E-state index contributed by atoms with van der Waals surface area (Å²) in [5.74, 6) is 5.00. The highest BCUT2D eigenvalue weighted by Crippen LogP contribution is 2.40. The van der Waals surface area contributed by atoms with E-state index >= 15 is 0 Å². The molecule has 0 atom stereocenters. The Morgan fingerprint density at radius 2 is 1.36 bits per heavy atom. The highest BCUT2D eigenvalue weighted by atomic mass is 32.2. The summed E-state index contributed by atoms with van der Waals surface area (Å²) < 4.78 is 13.0. The summed E-state index contributed by atoms with van der Waals surface area (Å²) >= 11 is 3.96. The third kappa shape index (κ3) is 5.23. The van der Waals surface area contributed by atoms with Crippen molar-refractivity contribution in [1.29, 1.82) is 0 Å².